The molecule has 5 heteroatoms. The number of piperidine rings is 1. The number of ether oxygens (including phenoxy) is 3. The first-order chi connectivity index (χ1) is 17.2. The van der Waals surface area contributed by atoms with Gasteiger partial charge in [-0.25, -0.2) is 0 Å². The number of aryl methyl sites for hydroxylation is 1. The number of hydrogen-bond acceptors (Lipinski definition) is 5. The summed E-state index contributed by atoms with van der Waals surface area (Å²) in [6.45, 7) is 2.83. The van der Waals surface area contributed by atoms with Crippen molar-refractivity contribution in [2.24, 2.45) is 5.92 Å². The van der Waals surface area contributed by atoms with E-state index in [1.54, 1.807) is 14.2 Å². The van der Waals surface area contributed by atoms with Crippen LogP contribution in [0.3, 0.4) is 0 Å². The summed E-state index contributed by atoms with van der Waals surface area (Å²) < 4.78 is 17.1. The number of allylic oxidation sites excluding steroid dienone is 3. The van der Waals surface area contributed by atoms with Crippen LogP contribution in [0.2, 0.25) is 0 Å². The van der Waals surface area contributed by atoms with Gasteiger partial charge in [0.1, 0.15) is 12.4 Å². The van der Waals surface area contributed by atoms with E-state index in [2.05, 4.69) is 53.5 Å². The van der Waals surface area contributed by atoms with Crippen molar-refractivity contribution in [1.29, 1.82) is 0 Å². The Labute approximate surface area is 210 Å². The molecular formula is C30H39NO4. The fourth-order valence-corrected chi connectivity index (χ4v) is 5.19. The minimum Gasteiger partial charge on any atom is -0.489 e. The van der Waals surface area contributed by atoms with E-state index in [4.69, 9.17) is 14.2 Å². The van der Waals surface area contributed by atoms with Gasteiger partial charge >= 0.3 is 0 Å². The van der Waals surface area contributed by atoms with E-state index in [1.807, 2.05) is 18.2 Å². The van der Waals surface area contributed by atoms with Gasteiger partial charge in [-0.15, -0.1) is 0 Å². The fourth-order valence-electron chi connectivity index (χ4n) is 5.19. The number of hydrogen-bond donors (Lipinski definition) is 1. The van der Waals surface area contributed by atoms with Gasteiger partial charge in [0.15, 0.2) is 6.29 Å². The molecule has 4 rings (SSSR count). The standard InChI is InChI=1S/C30H39NO4/c1-33-30(34-2)24-15-17-31(18-16-24)27-12-11-26(20-27)29-14-13-28(21-25(29)10-6-7-19-32)35-22-23-8-4-3-5-9-23/h3-5,8-9,11-14,20-21,24,26,30,32H,6-7,10,15-19,22H2,1-2H3. The zero-order valence-corrected chi connectivity index (χ0v) is 21.1. The molecule has 1 saturated heterocycles. The second kappa shape index (κ2) is 12.9. The van der Waals surface area contributed by atoms with Crippen molar-refractivity contribution >= 4 is 0 Å². The molecule has 35 heavy (non-hydrogen) atoms. The summed E-state index contributed by atoms with van der Waals surface area (Å²) in [6.07, 6.45) is 11.7. The van der Waals surface area contributed by atoms with E-state index < -0.39 is 0 Å². The number of aliphatic hydroxyl groups is 1. The first-order valence-electron chi connectivity index (χ1n) is 12.8. The molecule has 1 aliphatic carbocycles. The summed E-state index contributed by atoms with van der Waals surface area (Å²) in [5.74, 6) is 1.61. The van der Waals surface area contributed by atoms with Crippen molar-refractivity contribution < 1.29 is 19.3 Å². The van der Waals surface area contributed by atoms with Crippen LogP contribution in [0.1, 0.15) is 48.3 Å². The van der Waals surface area contributed by atoms with E-state index >= 15 is 0 Å². The minimum atomic E-state index is -0.109. The Bertz CT molecular complexity index is 975. The number of aliphatic hydroxyl groups excluding tert-OH is 1. The Kier molecular flexibility index (Phi) is 9.41. The molecule has 0 spiro atoms. The molecule has 0 bridgehead atoms. The summed E-state index contributed by atoms with van der Waals surface area (Å²) in [6, 6.07) is 16.8. The number of rotatable bonds is 12. The van der Waals surface area contributed by atoms with E-state index in [-0.39, 0.29) is 18.8 Å². The van der Waals surface area contributed by atoms with Crippen molar-refractivity contribution in [1.82, 2.24) is 4.90 Å². The highest BCUT2D eigenvalue weighted by Gasteiger charge is 2.28. The summed E-state index contributed by atoms with van der Waals surface area (Å²) >= 11 is 0. The summed E-state index contributed by atoms with van der Waals surface area (Å²) in [4.78, 5) is 2.48. The molecule has 1 atom stereocenters. The van der Waals surface area contributed by atoms with Crippen molar-refractivity contribution in [2.75, 3.05) is 33.9 Å². The summed E-state index contributed by atoms with van der Waals surface area (Å²) in [7, 11) is 3.45. The molecule has 0 saturated carbocycles. The second-order valence-corrected chi connectivity index (χ2v) is 9.46. The molecular weight excluding hydrogens is 438 g/mol. The zero-order chi connectivity index (χ0) is 24.5. The predicted molar refractivity (Wildman–Crippen MR) is 139 cm³/mol. The van der Waals surface area contributed by atoms with Gasteiger partial charge in [-0.1, -0.05) is 42.5 Å². The molecule has 0 radical (unpaired) electrons. The van der Waals surface area contributed by atoms with Gasteiger partial charge in [-0.05, 0) is 73.1 Å². The first kappa shape index (κ1) is 25.5. The van der Waals surface area contributed by atoms with Crippen LogP contribution < -0.4 is 4.74 Å². The van der Waals surface area contributed by atoms with Crippen LogP contribution in [0.25, 0.3) is 0 Å². The molecule has 5 nitrogen and oxygen atoms in total. The van der Waals surface area contributed by atoms with Crippen LogP contribution in [0.15, 0.2) is 72.5 Å². The average molecular weight is 478 g/mol. The quantitative estimate of drug-likeness (QED) is 0.325. The number of benzene rings is 2. The molecule has 1 unspecified atom stereocenters. The van der Waals surface area contributed by atoms with Crippen molar-refractivity contribution in [3.8, 4) is 5.75 Å². The van der Waals surface area contributed by atoms with Crippen LogP contribution in [0, 0.1) is 5.92 Å². The van der Waals surface area contributed by atoms with Gasteiger partial charge in [-0.2, -0.15) is 0 Å². The topological polar surface area (TPSA) is 51.2 Å². The number of likely N-dealkylation sites (tertiary alicyclic amines) is 1. The monoisotopic (exact) mass is 477 g/mol. The zero-order valence-electron chi connectivity index (χ0n) is 21.1. The van der Waals surface area contributed by atoms with Crippen LogP contribution in [0.4, 0.5) is 0 Å². The third kappa shape index (κ3) is 6.75. The van der Waals surface area contributed by atoms with Crippen molar-refractivity contribution in [2.45, 2.75) is 50.9 Å². The van der Waals surface area contributed by atoms with E-state index in [0.717, 1.165) is 56.5 Å². The van der Waals surface area contributed by atoms with Crippen LogP contribution in [-0.4, -0.2) is 50.2 Å². The highest BCUT2D eigenvalue weighted by atomic mass is 16.7. The largest absolute Gasteiger partial charge is 0.489 e. The Morgan fingerprint density at radius 1 is 1.00 bits per heavy atom. The van der Waals surface area contributed by atoms with E-state index in [9.17, 15) is 5.11 Å². The minimum absolute atomic E-state index is 0.109. The van der Waals surface area contributed by atoms with Gasteiger partial charge in [0, 0.05) is 51.4 Å². The molecule has 188 valence electrons. The van der Waals surface area contributed by atoms with Gasteiger partial charge in [0.25, 0.3) is 0 Å². The molecule has 1 N–H and O–H groups in total. The maximum atomic E-state index is 9.29. The van der Waals surface area contributed by atoms with Crippen LogP contribution in [0.5, 0.6) is 5.75 Å². The predicted octanol–water partition coefficient (Wildman–Crippen LogP) is 5.45. The lowest BCUT2D eigenvalue weighted by Gasteiger charge is -2.36. The fraction of sp³-hybridized carbons (Fsp3) is 0.467. The number of unbranched alkanes of at least 4 members (excludes halogenated alkanes) is 1. The lowest BCUT2D eigenvalue weighted by atomic mass is 9.92. The smallest absolute Gasteiger partial charge is 0.159 e. The normalized spacial score (nSPS) is 18.3. The van der Waals surface area contributed by atoms with Crippen molar-refractivity contribution in [3.05, 3.63) is 89.1 Å². The first-order valence-corrected chi connectivity index (χ1v) is 12.8. The van der Waals surface area contributed by atoms with Gasteiger partial charge in [-0.3, -0.25) is 0 Å². The lowest BCUT2D eigenvalue weighted by molar-refractivity contribution is -0.145. The maximum Gasteiger partial charge on any atom is 0.159 e. The molecule has 2 aromatic rings. The average Bonchev–Trinajstić information content (AvgIpc) is 3.40. The highest BCUT2D eigenvalue weighted by molar-refractivity contribution is 5.46. The number of nitrogens with zero attached hydrogens (tertiary/aromatic N) is 1. The summed E-state index contributed by atoms with van der Waals surface area (Å²) in [5.41, 5.74) is 5.11. The molecule has 0 amide bonds. The van der Waals surface area contributed by atoms with E-state index in [1.165, 1.54) is 16.8 Å². The maximum absolute atomic E-state index is 9.29. The SMILES string of the molecule is COC(OC)C1CCN(C2=CC(c3ccc(OCc4ccccc4)cc3CCCCO)C=C2)CC1. The number of methoxy groups -OCH3 is 2. The van der Waals surface area contributed by atoms with Gasteiger partial charge in [0.2, 0.25) is 0 Å². The van der Waals surface area contributed by atoms with Crippen molar-refractivity contribution in [3.63, 3.8) is 0 Å². The highest BCUT2D eigenvalue weighted by Crippen LogP contribution is 2.35. The van der Waals surface area contributed by atoms with Gasteiger partial charge in [0.05, 0.1) is 0 Å². The molecule has 2 aromatic carbocycles. The van der Waals surface area contributed by atoms with Gasteiger partial charge < -0.3 is 24.2 Å². The molecule has 0 aromatic heterocycles. The Morgan fingerprint density at radius 2 is 1.77 bits per heavy atom. The Balaban J connectivity index is 1.43. The molecule has 2 aliphatic rings. The molecule has 1 fully saturated rings. The third-order valence-electron chi connectivity index (χ3n) is 7.16. The summed E-state index contributed by atoms with van der Waals surface area (Å²) in [5, 5.41) is 9.29. The van der Waals surface area contributed by atoms with Crippen LogP contribution in [-0.2, 0) is 22.5 Å². The Hall–Kier alpha value is -2.60. The molecule has 1 heterocycles. The van der Waals surface area contributed by atoms with E-state index in [0.29, 0.717) is 12.5 Å². The second-order valence-electron chi connectivity index (χ2n) is 9.46. The lowest BCUT2D eigenvalue weighted by Crippen LogP contribution is -2.38. The van der Waals surface area contributed by atoms with Crippen LogP contribution >= 0.6 is 0 Å². The Morgan fingerprint density at radius 3 is 2.49 bits per heavy atom. The third-order valence-corrected chi connectivity index (χ3v) is 7.16. The molecule has 1 aliphatic heterocycles.